The molecule has 2 aromatic rings. The smallest absolute Gasteiger partial charge is 0.407 e. The first-order valence-electron chi connectivity index (χ1n) is 11.7. The van der Waals surface area contributed by atoms with Crippen LogP contribution in [0.1, 0.15) is 56.6 Å². The van der Waals surface area contributed by atoms with Crippen LogP contribution in [0.15, 0.2) is 48.5 Å². The quantitative estimate of drug-likeness (QED) is 0.603. The Balaban J connectivity index is 1.31. The molecule has 0 radical (unpaired) electrons. The number of nitrogens with one attached hydrogen (secondary N) is 1. The molecule has 180 valence electrons. The van der Waals surface area contributed by atoms with E-state index >= 15 is 0 Å². The average Bonchev–Trinajstić information content (AvgIpc) is 3.09. The molecule has 2 aliphatic rings. The molecule has 2 aromatic carbocycles. The lowest BCUT2D eigenvalue weighted by Crippen LogP contribution is -2.60. The van der Waals surface area contributed by atoms with Gasteiger partial charge in [-0.2, -0.15) is 0 Å². The summed E-state index contributed by atoms with van der Waals surface area (Å²) in [7, 11) is 1.56. The van der Waals surface area contributed by atoms with Crippen LogP contribution in [-0.4, -0.2) is 53.7 Å². The summed E-state index contributed by atoms with van der Waals surface area (Å²) in [4.78, 5) is 38.4. The normalized spacial score (nSPS) is 16.1. The van der Waals surface area contributed by atoms with Crippen molar-refractivity contribution >= 4 is 18.0 Å². The molecule has 0 atom stereocenters. The lowest BCUT2D eigenvalue weighted by atomic mass is 9.75. The van der Waals surface area contributed by atoms with Crippen molar-refractivity contribution in [1.82, 2.24) is 10.2 Å². The third-order valence-corrected chi connectivity index (χ3v) is 7.28. The van der Waals surface area contributed by atoms with Crippen molar-refractivity contribution in [2.45, 2.75) is 51.0 Å². The van der Waals surface area contributed by atoms with E-state index in [1.165, 1.54) is 16.0 Å². The van der Waals surface area contributed by atoms with E-state index in [1.807, 2.05) is 38.1 Å². The number of aliphatic carboxylic acids is 1. The lowest BCUT2D eigenvalue weighted by Gasteiger charge is -2.45. The summed E-state index contributed by atoms with van der Waals surface area (Å²) in [6, 6.07) is 16.3. The van der Waals surface area contributed by atoms with E-state index in [0.717, 1.165) is 17.5 Å². The number of nitrogens with zero attached hydrogens (tertiary/aromatic N) is 1. The Bertz CT molecular complexity index is 1060. The number of hydrogen-bond acceptors (Lipinski definition) is 4. The van der Waals surface area contributed by atoms with Crippen LogP contribution in [0, 0.1) is 5.41 Å². The molecule has 1 saturated carbocycles. The molecular formula is C27H32N2O5. The second-order valence-corrected chi connectivity index (χ2v) is 10.2. The van der Waals surface area contributed by atoms with Gasteiger partial charge in [0.05, 0.1) is 0 Å². The standard InChI is InChI=1S/C27H32N2O5/c1-26(2,15-23(30)29(3)27(24(31)32)13-8-14-27)17-28-25(33)34-16-22-20-11-6-4-9-18(20)19-10-5-7-12-21(19)22/h4-7,9-12,22H,8,13-17H2,1-3H3,(H,28,33)(H,31,32). The molecule has 4 rings (SSSR count). The third-order valence-electron chi connectivity index (χ3n) is 7.28. The van der Waals surface area contributed by atoms with Gasteiger partial charge in [0, 0.05) is 25.9 Å². The molecule has 7 nitrogen and oxygen atoms in total. The number of hydrogen-bond donors (Lipinski definition) is 2. The van der Waals surface area contributed by atoms with E-state index in [-0.39, 0.29) is 31.4 Å². The van der Waals surface area contributed by atoms with E-state index in [4.69, 9.17) is 4.74 Å². The van der Waals surface area contributed by atoms with Gasteiger partial charge in [0.2, 0.25) is 5.91 Å². The average molecular weight is 465 g/mol. The van der Waals surface area contributed by atoms with Crippen molar-refractivity contribution < 1.29 is 24.2 Å². The predicted octanol–water partition coefficient (Wildman–Crippen LogP) is 4.41. The number of carbonyl (C=O) groups excluding carboxylic acids is 2. The maximum Gasteiger partial charge on any atom is 0.407 e. The number of alkyl carbamates (subject to hydrolysis) is 1. The number of fused-ring (bicyclic) bond motifs is 3. The Hall–Kier alpha value is -3.35. The number of benzene rings is 2. The van der Waals surface area contributed by atoms with E-state index in [1.54, 1.807) is 7.05 Å². The Labute approximate surface area is 200 Å². The highest BCUT2D eigenvalue weighted by atomic mass is 16.5. The maximum atomic E-state index is 12.8. The molecule has 0 bridgehead atoms. The van der Waals surface area contributed by atoms with Gasteiger partial charge in [0.15, 0.2) is 0 Å². The fraction of sp³-hybridized carbons (Fsp3) is 0.444. The monoisotopic (exact) mass is 464 g/mol. The summed E-state index contributed by atoms with van der Waals surface area (Å²) in [5, 5.41) is 12.4. The van der Waals surface area contributed by atoms with Crippen LogP contribution < -0.4 is 5.32 Å². The SMILES string of the molecule is CN(C(=O)CC(C)(C)CNC(=O)OCC1c2ccccc2-c2ccccc21)C1(C(=O)O)CCC1. The topological polar surface area (TPSA) is 95.9 Å². The van der Waals surface area contributed by atoms with Crippen molar-refractivity contribution in [3.63, 3.8) is 0 Å². The Morgan fingerprint density at radius 2 is 1.62 bits per heavy atom. The fourth-order valence-electron chi connectivity index (χ4n) is 4.99. The zero-order valence-corrected chi connectivity index (χ0v) is 20.0. The minimum Gasteiger partial charge on any atom is -0.479 e. The highest BCUT2D eigenvalue weighted by Gasteiger charge is 2.50. The van der Waals surface area contributed by atoms with Gasteiger partial charge in [0.1, 0.15) is 12.1 Å². The fourth-order valence-corrected chi connectivity index (χ4v) is 4.99. The number of carboxylic acid groups (broad SMARTS) is 1. The Kier molecular flexibility index (Phi) is 6.39. The zero-order chi connectivity index (χ0) is 24.5. The van der Waals surface area contributed by atoms with Crippen LogP contribution in [0.25, 0.3) is 11.1 Å². The van der Waals surface area contributed by atoms with Gasteiger partial charge >= 0.3 is 12.1 Å². The third kappa shape index (κ3) is 4.39. The summed E-state index contributed by atoms with van der Waals surface area (Å²) in [6.07, 6.45) is 1.35. The minimum absolute atomic E-state index is 0.0175. The molecule has 0 aromatic heterocycles. The van der Waals surface area contributed by atoms with E-state index < -0.39 is 23.0 Å². The Morgan fingerprint density at radius 1 is 1.06 bits per heavy atom. The number of rotatable bonds is 8. The lowest BCUT2D eigenvalue weighted by molar-refractivity contribution is -0.165. The van der Waals surface area contributed by atoms with Crippen molar-refractivity contribution in [2.75, 3.05) is 20.2 Å². The largest absolute Gasteiger partial charge is 0.479 e. The van der Waals surface area contributed by atoms with Gasteiger partial charge in [-0.25, -0.2) is 9.59 Å². The van der Waals surface area contributed by atoms with Crippen molar-refractivity contribution in [1.29, 1.82) is 0 Å². The van der Waals surface area contributed by atoms with Gasteiger partial charge < -0.3 is 20.1 Å². The molecule has 0 saturated heterocycles. The molecule has 0 heterocycles. The molecule has 7 heteroatoms. The van der Waals surface area contributed by atoms with Crippen molar-refractivity contribution in [3.8, 4) is 11.1 Å². The first kappa shape index (κ1) is 23.8. The zero-order valence-electron chi connectivity index (χ0n) is 20.0. The molecule has 34 heavy (non-hydrogen) atoms. The van der Waals surface area contributed by atoms with Crippen LogP contribution in [-0.2, 0) is 14.3 Å². The highest BCUT2D eigenvalue weighted by Crippen LogP contribution is 2.44. The van der Waals surface area contributed by atoms with Gasteiger partial charge in [-0.05, 0) is 46.9 Å². The molecule has 1 fully saturated rings. The Morgan fingerprint density at radius 3 is 2.12 bits per heavy atom. The van der Waals surface area contributed by atoms with Crippen LogP contribution in [0.5, 0.6) is 0 Å². The summed E-state index contributed by atoms with van der Waals surface area (Å²) >= 11 is 0. The van der Waals surface area contributed by atoms with Crippen LogP contribution >= 0.6 is 0 Å². The molecule has 0 spiro atoms. The number of carbonyl (C=O) groups is 3. The maximum absolute atomic E-state index is 12.8. The predicted molar refractivity (Wildman–Crippen MR) is 128 cm³/mol. The van der Waals surface area contributed by atoms with Gasteiger partial charge in [-0.15, -0.1) is 0 Å². The highest BCUT2D eigenvalue weighted by molar-refractivity contribution is 5.88. The first-order chi connectivity index (χ1) is 16.1. The van der Waals surface area contributed by atoms with Gasteiger partial charge in [-0.3, -0.25) is 4.79 Å². The second kappa shape index (κ2) is 9.12. The summed E-state index contributed by atoms with van der Waals surface area (Å²) in [5.74, 6) is -1.21. The number of ether oxygens (including phenoxy) is 1. The number of amides is 2. The van der Waals surface area contributed by atoms with Gasteiger partial charge in [0.25, 0.3) is 0 Å². The van der Waals surface area contributed by atoms with E-state index in [2.05, 4.69) is 29.6 Å². The first-order valence-corrected chi connectivity index (χ1v) is 11.7. The molecule has 0 unspecified atom stereocenters. The van der Waals surface area contributed by atoms with E-state index in [0.29, 0.717) is 12.8 Å². The number of carboxylic acids is 1. The van der Waals surface area contributed by atoms with Crippen LogP contribution in [0.2, 0.25) is 0 Å². The summed E-state index contributed by atoms with van der Waals surface area (Å²) in [6.45, 7) is 4.21. The second-order valence-electron chi connectivity index (χ2n) is 10.2. The summed E-state index contributed by atoms with van der Waals surface area (Å²) in [5.41, 5.74) is 2.99. The number of likely N-dealkylation sites (N-methyl/N-ethyl adjacent to an activating group) is 1. The molecule has 2 N–H and O–H groups in total. The van der Waals surface area contributed by atoms with E-state index in [9.17, 15) is 19.5 Å². The van der Waals surface area contributed by atoms with Gasteiger partial charge in [-0.1, -0.05) is 62.4 Å². The van der Waals surface area contributed by atoms with Crippen molar-refractivity contribution in [2.24, 2.45) is 5.41 Å². The van der Waals surface area contributed by atoms with Crippen LogP contribution in [0.3, 0.4) is 0 Å². The molecule has 2 aliphatic carbocycles. The summed E-state index contributed by atoms with van der Waals surface area (Å²) < 4.78 is 5.58. The van der Waals surface area contributed by atoms with Crippen LogP contribution in [0.4, 0.5) is 4.79 Å². The minimum atomic E-state index is -1.09. The molecule has 2 amide bonds. The molecular weight excluding hydrogens is 432 g/mol. The molecule has 0 aliphatic heterocycles. The van der Waals surface area contributed by atoms with Crippen molar-refractivity contribution in [3.05, 3.63) is 59.7 Å².